The number of pyridine rings is 1. The summed E-state index contributed by atoms with van der Waals surface area (Å²) in [5.41, 5.74) is 5.53. The van der Waals surface area contributed by atoms with Crippen molar-refractivity contribution in [3.8, 4) is 6.07 Å². The van der Waals surface area contributed by atoms with Crippen molar-refractivity contribution < 1.29 is 0 Å². The highest BCUT2D eigenvalue weighted by molar-refractivity contribution is 9.10. The first-order valence-electron chi connectivity index (χ1n) is 7.85. The topological polar surface area (TPSA) is 41.1 Å². The minimum atomic E-state index is 0.642. The van der Waals surface area contributed by atoms with Crippen LogP contribution in [-0.4, -0.2) is 9.38 Å². The van der Waals surface area contributed by atoms with E-state index >= 15 is 0 Å². The first kappa shape index (κ1) is 16.2. The standard InChI is InChI=1S/C20H14BrN3S/c1-13-9-19(25-12-14-5-4-6-15(21)10-14)24-18-8-3-2-7-17(18)23-20(24)16(13)11-22/h2-10H,12H2,1H3. The summed E-state index contributed by atoms with van der Waals surface area (Å²) < 4.78 is 3.18. The fourth-order valence-electron chi connectivity index (χ4n) is 2.94. The summed E-state index contributed by atoms with van der Waals surface area (Å²) in [5, 5.41) is 10.7. The molecule has 0 bridgehead atoms. The number of fused-ring (bicyclic) bond motifs is 3. The van der Waals surface area contributed by atoms with E-state index in [2.05, 4.69) is 50.7 Å². The summed E-state index contributed by atoms with van der Waals surface area (Å²) >= 11 is 5.28. The maximum Gasteiger partial charge on any atom is 0.157 e. The number of nitriles is 1. The molecule has 4 aromatic rings. The maximum atomic E-state index is 9.56. The maximum absolute atomic E-state index is 9.56. The minimum Gasteiger partial charge on any atom is -0.286 e. The molecule has 0 saturated carbocycles. The van der Waals surface area contributed by atoms with Crippen LogP contribution in [0, 0.1) is 18.3 Å². The number of para-hydroxylation sites is 2. The summed E-state index contributed by atoms with van der Waals surface area (Å²) in [7, 11) is 0. The lowest BCUT2D eigenvalue weighted by molar-refractivity contribution is 1.04. The van der Waals surface area contributed by atoms with E-state index in [4.69, 9.17) is 4.98 Å². The Morgan fingerprint density at radius 3 is 2.80 bits per heavy atom. The molecule has 2 aromatic carbocycles. The smallest absolute Gasteiger partial charge is 0.157 e. The lowest BCUT2D eigenvalue weighted by Crippen LogP contribution is -1.97. The zero-order chi connectivity index (χ0) is 17.4. The van der Waals surface area contributed by atoms with Crippen LogP contribution in [0.1, 0.15) is 16.7 Å². The van der Waals surface area contributed by atoms with Crippen LogP contribution in [0.2, 0.25) is 0 Å². The molecule has 0 atom stereocenters. The average molecular weight is 408 g/mol. The predicted octanol–water partition coefficient (Wildman–Crippen LogP) is 5.72. The molecule has 2 heterocycles. The molecule has 4 rings (SSSR count). The Bertz CT molecular complexity index is 1140. The van der Waals surface area contributed by atoms with Crippen LogP contribution >= 0.6 is 27.7 Å². The van der Waals surface area contributed by atoms with Gasteiger partial charge in [-0.05, 0) is 48.4 Å². The molecule has 25 heavy (non-hydrogen) atoms. The van der Waals surface area contributed by atoms with Crippen molar-refractivity contribution in [2.45, 2.75) is 17.7 Å². The molecule has 0 aliphatic heterocycles. The molecule has 0 aliphatic carbocycles. The number of benzene rings is 2. The number of nitrogens with zero attached hydrogens (tertiary/aromatic N) is 3. The van der Waals surface area contributed by atoms with Gasteiger partial charge < -0.3 is 0 Å². The van der Waals surface area contributed by atoms with Crippen LogP contribution in [0.15, 0.2) is 64.1 Å². The molecular formula is C20H14BrN3S. The largest absolute Gasteiger partial charge is 0.286 e. The molecule has 5 heteroatoms. The molecule has 0 spiro atoms. The lowest BCUT2D eigenvalue weighted by atomic mass is 10.2. The highest BCUT2D eigenvalue weighted by Gasteiger charge is 2.15. The first-order chi connectivity index (χ1) is 12.2. The van der Waals surface area contributed by atoms with Crippen molar-refractivity contribution in [2.75, 3.05) is 0 Å². The molecule has 0 radical (unpaired) electrons. The number of halogens is 1. The van der Waals surface area contributed by atoms with Gasteiger partial charge in [-0.1, -0.05) is 40.2 Å². The van der Waals surface area contributed by atoms with E-state index in [9.17, 15) is 5.26 Å². The molecular weight excluding hydrogens is 394 g/mol. The summed E-state index contributed by atoms with van der Waals surface area (Å²) in [6.45, 7) is 1.97. The third-order valence-corrected chi connectivity index (χ3v) is 5.69. The summed E-state index contributed by atoms with van der Waals surface area (Å²) in [5.74, 6) is 0.854. The van der Waals surface area contributed by atoms with Crippen molar-refractivity contribution in [3.05, 3.63) is 75.8 Å². The quantitative estimate of drug-likeness (QED) is 0.407. The minimum absolute atomic E-state index is 0.642. The van der Waals surface area contributed by atoms with Gasteiger partial charge in [0.05, 0.1) is 21.6 Å². The number of imidazole rings is 1. The van der Waals surface area contributed by atoms with Crippen molar-refractivity contribution in [2.24, 2.45) is 0 Å². The van der Waals surface area contributed by atoms with E-state index in [1.54, 1.807) is 11.8 Å². The highest BCUT2D eigenvalue weighted by Crippen LogP contribution is 2.31. The Balaban J connectivity index is 1.87. The molecule has 0 amide bonds. The van der Waals surface area contributed by atoms with Crippen molar-refractivity contribution in [1.29, 1.82) is 5.26 Å². The number of aryl methyl sites for hydroxylation is 1. The van der Waals surface area contributed by atoms with Crippen LogP contribution < -0.4 is 0 Å². The van der Waals surface area contributed by atoms with E-state index < -0.39 is 0 Å². The zero-order valence-electron chi connectivity index (χ0n) is 13.5. The molecule has 2 aromatic heterocycles. The third kappa shape index (κ3) is 2.92. The second-order valence-electron chi connectivity index (χ2n) is 5.83. The van der Waals surface area contributed by atoms with Crippen molar-refractivity contribution >= 4 is 44.4 Å². The van der Waals surface area contributed by atoms with Gasteiger partial charge in [-0.2, -0.15) is 5.26 Å². The van der Waals surface area contributed by atoms with Crippen LogP contribution in [0.5, 0.6) is 0 Å². The van der Waals surface area contributed by atoms with E-state index in [1.807, 2.05) is 37.3 Å². The monoisotopic (exact) mass is 407 g/mol. The highest BCUT2D eigenvalue weighted by atomic mass is 79.9. The SMILES string of the molecule is Cc1cc(SCc2cccc(Br)c2)n2c(nc3ccccc32)c1C#N. The van der Waals surface area contributed by atoms with Crippen LogP contribution in [0.25, 0.3) is 16.7 Å². The fraction of sp³-hybridized carbons (Fsp3) is 0.100. The third-order valence-electron chi connectivity index (χ3n) is 4.13. The van der Waals surface area contributed by atoms with Crippen molar-refractivity contribution in [1.82, 2.24) is 9.38 Å². The van der Waals surface area contributed by atoms with Gasteiger partial charge in [0.25, 0.3) is 0 Å². The number of rotatable bonds is 3. The van der Waals surface area contributed by atoms with Gasteiger partial charge in [0.2, 0.25) is 0 Å². The molecule has 122 valence electrons. The lowest BCUT2D eigenvalue weighted by Gasteiger charge is -2.10. The predicted molar refractivity (Wildman–Crippen MR) is 106 cm³/mol. The normalized spacial score (nSPS) is 11.1. The van der Waals surface area contributed by atoms with Gasteiger partial charge >= 0.3 is 0 Å². The number of thioether (sulfide) groups is 1. The molecule has 0 N–H and O–H groups in total. The van der Waals surface area contributed by atoms with E-state index in [-0.39, 0.29) is 0 Å². The van der Waals surface area contributed by atoms with Crippen LogP contribution in [0.4, 0.5) is 0 Å². The summed E-state index contributed by atoms with van der Waals surface area (Å²) in [6, 6.07) is 20.7. The molecule has 0 aliphatic rings. The van der Waals surface area contributed by atoms with Gasteiger partial charge in [-0.15, -0.1) is 11.8 Å². The Kier molecular flexibility index (Phi) is 4.24. The second kappa shape index (κ2) is 6.55. The molecule has 0 fully saturated rings. The van der Waals surface area contributed by atoms with E-state index in [1.165, 1.54) is 5.56 Å². The fourth-order valence-corrected chi connectivity index (χ4v) is 4.46. The zero-order valence-corrected chi connectivity index (χ0v) is 15.9. The Morgan fingerprint density at radius 1 is 1.16 bits per heavy atom. The van der Waals surface area contributed by atoms with E-state index in [0.29, 0.717) is 5.56 Å². The molecule has 0 unspecified atom stereocenters. The Labute approximate surface area is 158 Å². The summed E-state index contributed by atoms with van der Waals surface area (Å²) in [6.07, 6.45) is 0. The molecule has 3 nitrogen and oxygen atoms in total. The number of hydrogen-bond donors (Lipinski definition) is 0. The Hall–Kier alpha value is -2.29. The van der Waals surface area contributed by atoms with Crippen LogP contribution in [-0.2, 0) is 5.75 Å². The second-order valence-corrected chi connectivity index (χ2v) is 7.74. The number of hydrogen-bond acceptors (Lipinski definition) is 3. The van der Waals surface area contributed by atoms with Gasteiger partial charge in [-0.3, -0.25) is 4.40 Å². The van der Waals surface area contributed by atoms with Crippen LogP contribution in [0.3, 0.4) is 0 Å². The molecule has 0 saturated heterocycles. The van der Waals surface area contributed by atoms with Crippen molar-refractivity contribution in [3.63, 3.8) is 0 Å². The first-order valence-corrected chi connectivity index (χ1v) is 9.63. The Morgan fingerprint density at radius 2 is 2.00 bits per heavy atom. The van der Waals surface area contributed by atoms with Gasteiger partial charge in [0, 0.05) is 10.2 Å². The number of aromatic nitrogens is 2. The van der Waals surface area contributed by atoms with Gasteiger partial charge in [0.15, 0.2) is 5.65 Å². The summed E-state index contributed by atoms with van der Waals surface area (Å²) in [4.78, 5) is 4.70. The average Bonchev–Trinajstić information content (AvgIpc) is 2.99. The van der Waals surface area contributed by atoms with E-state index in [0.717, 1.165) is 37.5 Å². The van der Waals surface area contributed by atoms with Gasteiger partial charge in [-0.25, -0.2) is 4.98 Å². The van der Waals surface area contributed by atoms with Gasteiger partial charge in [0.1, 0.15) is 6.07 Å².